The standard InChI is InChI=1S/C23H27N7O2/c1-14-19(25)23(13-32-14)8-10-30(11-9-23)22-26-20-18(21(31)29(22)2)17(27-28-20)7-6-15-4-3-5-16(24)12-15/h3-5,12,14,19H,8-11,13,24-25H2,1-2H3,(H,27,28)/t14-,19+/m0/s1. The van der Waals surface area contributed by atoms with Crippen LogP contribution in [0.1, 0.15) is 31.0 Å². The Morgan fingerprint density at radius 2 is 2.06 bits per heavy atom. The lowest BCUT2D eigenvalue weighted by Crippen LogP contribution is -2.51. The third-order valence-corrected chi connectivity index (χ3v) is 6.88. The summed E-state index contributed by atoms with van der Waals surface area (Å²) in [7, 11) is 1.74. The van der Waals surface area contributed by atoms with Gasteiger partial charge in [0.25, 0.3) is 5.56 Å². The molecule has 166 valence electrons. The van der Waals surface area contributed by atoms with E-state index in [1.54, 1.807) is 23.7 Å². The second-order valence-electron chi connectivity index (χ2n) is 8.84. The number of fused-ring (bicyclic) bond motifs is 1. The molecule has 4 heterocycles. The maximum absolute atomic E-state index is 13.2. The lowest BCUT2D eigenvalue weighted by Gasteiger charge is -2.41. The van der Waals surface area contributed by atoms with E-state index in [4.69, 9.17) is 21.2 Å². The minimum Gasteiger partial charge on any atom is -0.399 e. The number of ether oxygens (including phenoxy) is 1. The smallest absolute Gasteiger partial charge is 0.267 e. The summed E-state index contributed by atoms with van der Waals surface area (Å²) in [6, 6.07) is 7.32. The van der Waals surface area contributed by atoms with Crippen molar-refractivity contribution < 1.29 is 4.74 Å². The van der Waals surface area contributed by atoms with Gasteiger partial charge in [-0.2, -0.15) is 10.1 Å². The molecule has 32 heavy (non-hydrogen) atoms. The third kappa shape index (κ3) is 3.32. The molecule has 3 aromatic rings. The molecule has 1 spiro atoms. The van der Waals surface area contributed by atoms with Crippen LogP contribution in [0, 0.1) is 17.3 Å². The molecule has 5 rings (SSSR count). The largest absolute Gasteiger partial charge is 0.399 e. The first-order valence-electron chi connectivity index (χ1n) is 10.8. The number of nitrogens with zero attached hydrogens (tertiary/aromatic N) is 4. The number of nitrogens with two attached hydrogens (primary N) is 2. The van der Waals surface area contributed by atoms with Crippen LogP contribution in [0.15, 0.2) is 29.1 Å². The Labute approximate surface area is 185 Å². The zero-order valence-corrected chi connectivity index (χ0v) is 18.3. The number of hydrogen-bond acceptors (Lipinski definition) is 7. The van der Waals surface area contributed by atoms with E-state index in [9.17, 15) is 4.79 Å². The van der Waals surface area contributed by atoms with Gasteiger partial charge in [0.05, 0.1) is 12.7 Å². The molecule has 2 aliphatic rings. The number of piperidine rings is 1. The molecule has 2 aromatic heterocycles. The third-order valence-electron chi connectivity index (χ3n) is 6.88. The van der Waals surface area contributed by atoms with Crippen molar-refractivity contribution in [3.63, 3.8) is 0 Å². The number of benzene rings is 1. The molecule has 2 saturated heterocycles. The van der Waals surface area contributed by atoms with E-state index in [0.717, 1.165) is 31.5 Å². The van der Waals surface area contributed by atoms with E-state index in [2.05, 4.69) is 26.9 Å². The van der Waals surface area contributed by atoms with E-state index >= 15 is 0 Å². The van der Waals surface area contributed by atoms with Crippen molar-refractivity contribution in [3.8, 4) is 11.8 Å². The van der Waals surface area contributed by atoms with Crippen molar-refractivity contribution in [1.82, 2.24) is 19.7 Å². The number of rotatable bonds is 1. The second-order valence-corrected chi connectivity index (χ2v) is 8.84. The van der Waals surface area contributed by atoms with Gasteiger partial charge < -0.3 is 21.1 Å². The highest BCUT2D eigenvalue weighted by molar-refractivity contribution is 5.81. The topological polar surface area (TPSA) is 128 Å². The molecule has 0 radical (unpaired) electrons. The summed E-state index contributed by atoms with van der Waals surface area (Å²) in [6.45, 7) is 4.27. The monoisotopic (exact) mass is 433 g/mol. The van der Waals surface area contributed by atoms with Crippen LogP contribution in [0.3, 0.4) is 0 Å². The van der Waals surface area contributed by atoms with Gasteiger partial charge in [-0.3, -0.25) is 14.5 Å². The van der Waals surface area contributed by atoms with Crippen LogP contribution >= 0.6 is 0 Å². The molecule has 2 atom stereocenters. The number of nitrogens with one attached hydrogen (secondary N) is 1. The predicted octanol–water partition coefficient (Wildman–Crippen LogP) is 0.971. The van der Waals surface area contributed by atoms with Gasteiger partial charge in [0, 0.05) is 42.8 Å². The maximum atomic E-state index is 13.2. The highest BCUT2D eigenvalue weighted by Crippen LogP contribution is 2.41. The second kappa shape index (κ2) is 7.65. The molecule has 0 unspecified atom stereocenters. The quantitative estimate of drug-likeness (QED) is 0.385. The van der Waals surface area contributed by atoms with Crippen LogP contribution in [0.2, 0.25) is 0 Å². The molecule has 2 aliphatic heterocycles. The van der Waals surface area contributed by atoms with Gasteiger partial charge in [-0.25, -0.2) is 0 Å². The van der Waals surface area contributed by atoms with Gasteiger partial charge >= 0.3 is 0 Å². The van der Waals surface area contributed by atoms with E-state index in [-0.39, 0.29) is 23.1 Å². The van der Waals surface area contributed by atoms with E-state index < -0.39 is 0 Å². The molecule has 0 bridgehead atoms. The van der Waals surface area contributed by atoms with Crippen LogP contribution in [-0.4, -0.2) is 51.6 Å². The first-order chi connectivity index (χ1) is 15.4. The number of nitrogen functional groups attached to an aromatic ring is 1. The first kappa shape index (κ1) is 20.5. The van der Waals surface area contributed by atoms with E-state index in [1.807, 2.05) is 19.1 Å². The normalized spacial score (nSPS) is 22.3. The average molecular weight is 434 g/mol. The number of aromatic amines is 1. The SMILES string of the molecule is C[C@@H]1OCC2(CCN(c3nc4n[nH]c(C#Cc5cccc(N)c5)c4c(=O)n3C)CC2)[C@@H]1N. The van der Waals surface area contributed by atoms with Crippen LogP contribution in [0.25, 0.3) is 11.0 Å². The Bertz CT molecular complexity index is 1290. The molecule has 0 amide bonds. The molecule has 9 heteroatoms. The Balaban J connectivity index is 1.44. The molecule has 2 fully saturated rings. The summed E-state index contributed by atoms with van der Waals surface area (Å²) < 4.78 is 7.39. The summed E-state index contributed by atoms with van der Waals surface area (Å²) in [5.74, 6) is 6.64. The van der Waals surface area contributed by atoms with E-state index in [1.165, 1.54) is 0 Å². The summed E-state index contributed by atoms with van der Waals surface area (Å²) in [5.41, 5.74) is 14.3. The Morgan fingerprint density at radius 1 is 1.28 bits per heavy atom. The van der Waals surface area contributed by atoms with E-state index in [0.29, 0.717) is 35.0 Å². The summed E-state index contributed by atoms with van der Waals surface area (Å²) in [6.07, 6.45) is 1.89. The van der Waals surface area contributed by atoms with Crippen molar-refractivity contribution in [1.29, 1.82) is 0 Å². The average Bonchev–Trinajstić information content (AvgIpc) is 3.32. The number of anilines is 2. The molecule has 0 aliphatic carbocycles. The van der Waals surface area contributed by atoms with Gasteiger partial charge in [-0.1, -0.05) is 12.0 Å². The van der Waals surface area contributed by atoms with Crippen LogP contribution in [0.4, 0.5) is 11.6 Å². The Morgan fingerprint density at radius 3 is 2.75 bits per heavy atom. The zero-order chi connectivity index (χ0) is 22.5. The summed E-state index contributed by atoms with van der Waals surface area (Å²) >= 11 is 0. The van der Waals surface area contributed by atoms with Crippen molar-refractivity contribution in [2.24, 2.45) is 18.2 Å². The number of H-pyrrole nitrogens is 1. The minimum atomic E-state index is -0.176. The van der Waals surface area contributed by atoms with Crippen molar-refractivity contribution in [2.45, 2.75) is 31.9 Å². The fraction of sp³-hybridized carbons (Fsp3) is 0.435. The number of aromatic nitrogens is 4. The fourth-order valence-electron chi connectivity index (χ4n) is 4.79. The number of hydrogen-bond donors (Lipinski definition) is 3. The molecule has 1 aromatic carbocycles. The van der Waals surface area contributed by atoms with Gasteiger partial charge in [-0.15, -0.1) is 0 Å². The van der Waals surface area contributed by atoms with Gasteiger partial charge in [0.1, 0.15) is 11.1 Å². The molecule has 9 nitrogen and oxygen atoms in total. The summed E-state index contributed by atoms with van der Waals surface area (Å²) in [4.78, 5) is 20.0. The molecule has 5 N–H and O–H groups in total. The van der Waals surface area contributed by atoms with Crippen LogP contribution in [-0.2, 0) is 11.8 Å². The minimum absolute atomic E-state index is 0.00874. The van der Waals surface area contributed by atoms with Crippen molar-refractivity contribution in [3.05, 3.63) is 45.9 Å². The lowest BCUT2D eigenvalue weighted by atomic mass is 9.73. The van der Waals surface area contributed by atoms with Crippen LogP contribution < -0.4 is 21.9 Å². The van der Waals surface area contributed by atoms with Gasteiger partial charge in [0.15, 0.2) is 5.65 Å². The molecular formula is C23H27N7O2. The fourth-order valence-corrected chi connectivity index (χ4v) is 4.79. The Hall–Kier alpha value is -3.35. The maximum Gasteiger partial charge on any atom is 0.267 e. The summed E-state index contributed by atoms with van der Waals surface area (Å²) in [5, 5.41) is 7.51. The van der Waals surface area contributed by atoms with Gasteiger partial charge in [0.2, 0.25) is 5.95 Å². The highest BCUT2D eigenvalue weighted by Gasteiger charge is 2.47. The molecular weight excluding hydrogens is 406 g/mol. The lowest BCUT2D eigenvalue weighted by molar-refractivity contribution is 0.0973. The first-order valence-corrected chi connectivity index (χ1v) is 10.8. The predicted molar refractivity (Wildman–Crippen MR) is 123 cm³/mol. The zero-order valence-electron chi connectivity index (χ0n) is 18.3. The van der Waals surface area contributed by atoms with Gasteiger partial charge in [-0.05, 0) is 43.9 Å². The highest BCUT2D eigenvalue weighted by atomic mass is 16.5. The van der Waals surface area contributed by atoms with Crippen molar-refractivity contribution >= 4 is 22.7 Å². The molecule has 0 saturated carbocycles. The Kier molecular flexibility index (Phi) is 4.92. The van der Waals surface area contributed by atoms with Crippen molar-refractivity contribution in [2.75, 3.05) is 30.3 Å². The van der Waals surface area contributed by atoms with Crippen LogP contribution in [0.5, 0.6) is 0 Å².